The van der Waals surface area contributed by atoms with Crippen molar-refractivity contribution in [2.45, 2.75) is 11.9 Å². The van der Waals surface area contributed by atoms with Crippen molar-refractivity contribution in [2.75, 3.05) is 0 Å². The maximum Gasteiger partial charge on any atom is 0.416 e. The predicted molar refractivity (Wildman–Crippen MR) is 44.1 cm³/mol. The van der Waals surface area contributed by atoms with E-state index in [1.165, 1.54) is 12.1 Å². The molecule has 0 heterocycles. The lowest BCUT2D eigenvalue weighted by Gasteiger charge is -2.06. The first-order chi connectivity index (χ1) is 5.54. The molecule has 66 valence electrons. The molecule has 0 fully saturated rings. The molecule has 0 nitrogen and oxygen atoms in total. The number of benzene rings is 1. The minimum Gasteiger partial charge on any atom is -0.175 e. The minimum absolute atomic E-state index is 0.456. The van der Waals surface area contributed by atoms with Crippen molar-refractivity contribution < 1.29 is 13.2 Å². The molecule has 0 saturated heterocycles. The topological polar surface area (TPSA) is 0 Å². The quantitative estimate of drug-likeness (QED) is 0.649. The largest absolute Gasteiger partial charge is 0.416 e. The molecule has 4 heteroatoms. The molecule has 1 aromatic carbocycles. The lowest BCUT2D eigenvalue weighted by atomic mass is 10.1. The molecule has 0 amide bonds. The van der Waals surface area contributed by atoms with E-state index in [-0.39, 0.29) is 0 Å². The second-order valence-corrected chi connectivity index (χ2v) is 2.67. The van der Waals surface area contributed by atoms with Gasteiger partial charge >= 0.3 is 6.18 Å². The Bertz CT molecular complexity index is 250. The van der Waals surface area contributed by atoms with E-state index in [0.29, 0.717) is 5.75 Å². The van der Waals surface area contributed by atoms with E-state index in [0.717, 1.165) is 17.7 Å². The molecular formula is C8H7F3S. The molecule has 0 atom stereocenters. The van der Waals surface area contributed by atoms with Crippen LogP contribution in [0.3, 0.4) is 0 Å². The Kier molecular flexibility index (Phi) is 2.67. The highest BCUT2D eigenvalue weighted by Crippen LogP contribution is 2.29. The molecule has 12 heavy (non-hydrogen) atoms. The van der Waals surface area contributed by atoms with Crippen molar-refractivity contribution in [2.24, 2.45) is 0 Å². The Morgan fingerprint density at radius 3 is 1.92 bits per heavy atom. The third-order valence-electron chi connectivity index (χ3n) is 1.46. The van der Waals surface area contributed by atoms with Crippen LogP contribution in [0.15, 0.2) is 24.3 Å². The Balaban J connectivity index is 2.93. The van der Waals surface area contributed by atoms with Crippen molar-refractivity contribution in [1.82, 2.24) is 0 Å². The van der Waals surface area contributed by atoms with Gasteiger partial charge in [0.25, 0.3) is 0 Å². The van der Waals surface area contributed by atoms with Crippen LogP contribution in [0.1, 0.15) is 11.1 Å². The van der Waals surface area contributed by atoms with Crippen LogP contribution in [0.4, 0.5) is 13.2 Å². The molecule has 1 rings (SSSR count). The number of rotatable bonds is 1. The van der Waals surface area contributed by atoms with Gasteiger partial charge in [0.15, 0.2) is 0 Å². The number of halogens is 3. The molecule has 0 unspecified atom stereocenters. The summed E-state index contributed by atoms with van der Waals surface area (Å²) in [6.07, 6.45) is -4.24. The highest BCUT2D eigenvalue weighted by Gasteiger charge is 2.29. The average molecular weight is 192 g/mol. The number of alkyl halides is 3. The molecule has 0 radical (unpaired) electrons. The maximum atomic E-state index is 12.0. The standard InChI is InChI=1S/C8H7F3S/c9-8(10,11)7-3-1-6(5-12)2-4-7/h1-4,12H,5H2. The molecule has 0 N–H and O–H groups in total. The molecule has 0 aliphatic carbocycles. The summed E-state index contributed by atoms with van der Waals surface area (Å²) in [5, 5.41) is 0. The van der Waals surface area contributed by atoms with Gasteiger partial charge in [-0.1, -0.05) is 12.1 Å². The third kappa shape index (κ3) is 2.17. The third-order valence-corrected chi connectivity index (χ3v) is 1.83. The van der Waals surface area contributed by atoms with Crippen molar-refractivity contribution in [3.8, 4) is 0 Å². The van der Waals surface area contributed by atoms with Crippen molar-refractivity contribution in [1.29, 1.82) is 0 Å². The van der Waals surface area contributed by atoms with Gasteiger partial charge in [0.05, 0.1) is 5.56 Å². The van der Waals surface area contributed by atoms with Gasteiger partial charge in [0.1, 0.15) is 0 Å². The maximum absolute atomic E-state index is 12.0. The van der Waals surface area contributed by atoms with Crippen molar-refractivity contribution in [3.63, 3.8) is 0 Å². The Morgan fingerprint density at radius 2 is 1.58 bits per heavy atom. The van der Waals surface area contributed by atoms with Gasteiger partial charge in [-0.05, 0) is 17.7 Å². The van der Waals surface area contributed by atoms with Crippen LogP contribution in [-0.4, -0.2) is 0 Å². The smallest absolute Gasteiger partial charge is 0.175 e. The van der Waals surface area contributed by atoms with E-state index in [4.69, 9.17) is 0 Å². The summed E-state index contributed by atoms with van der Waals surface area (Å²) in [5.74, 6) is 0.456. The fourth-order valence-corrected chi connectivity index (χ4v) is 1.01. The molecule has 1 aromatic rings. The fraction of sp³-hybridized carbons (Fsp3) is 0.250. The summed E-state index contributed by atoms with van der Waals surface area (Å²) in [6, 6.07) is 4.97. The van der Waals surface area contributed by atoms with Crippen LogP contribution in [-0.2, 0) is 11.9 Å². The SMILES string of the molecule is FC(F)(F)c1ccc(CS)cc1. The molecule has 0 saturated carbocycles. The van der Waals surface area contributed by atoms with Gasteiger partial charge in [-0.3, -0.25) is 0 Å². The molecule has 0 spiro atoms. The number of hydrogen-bond acceptors (Lipinski definition) is 1. The van der Waals surface area contributed by atoms with E-state index >= 15 is 0 Å². The van der Waals surface area contributed by atoms with Crippen LogP contribution < -0.4 is 0 Å². The van der Waals surface area contributed by atoms with Gasteiger partial charge in [0.2, 0.25) is 0 Å². The Labute approximate surface area is 73.8 Å². The zero-order valence-electron chi connectivity index (χ0n) is 6.10. The van der Waals surface area contributed by atoms with E-state index < -0.39 is 11.7 Å². The van der Waals surface area contributed by atoms with E-state index in [1.807, 2.05) is 0 Å². The van der Waals surface area contributed by atoms with E-state index in [1.54, 1.807) is 0 Å². The van der Waals surface area contributed by atoms with Crippen LogP contribution in [0, 0.1) is 0 Å². The summed E-state index contributed by atoms with van der Waals surface area (Å²) in [4.78, 5) is 0. The molecule has 0 aliphatic rings. The first kappa shape index (κ1) is 9.45. The molecule has 0 aliphatic heterocycles. The summed E-state index contributed by atoms with van der Waals surface area (Å²) in [5.41, 5.74) is 0.166. The fourth-order valence-electron chi connectivity index (χ4n) is 0.799. The Hall–Kier alpha value is -0.640. The summed E-state index contributed by atoms with van der Waals surface area (Å²) < 4.78 is 36.0. The highest BCUT2D eigenvalue weighted by molar-refractivity contribution is 7.79. The summed E-state index contributed by atoms with van der Waals surface area (Å²) in [7, 11) is 0. The van der Waals surface area contributed by atoms with Gasteiger partial charge in [0, 0.05) is 5.75 Å². The lowest BCUT2D eigenvalue weighted by molar-refractivity contribution is -0.137. The molecule has 0 aromatic heterocycles. The van der Waals surface area contributed by atoms with Crippen LogP contribution in [0.2, 0.25) is 0 Å². The predicted octanol–water partition coefficient (Wildman–Crippen LogP) is 3.14. The minimum atomic E-state index is -4.24. The van der Waals surface area contributed by atoms with Crippen LogP contribution in [0.5, 0.6) is 0 Å². The number of hydrogen-bond donors (Lipinski definition) is 1. The number of thiol groups is 1. The zero-order chi connectivity index (χ0) is 9.19. The molecular weight excluding hydrogens is 185 g/mol. The monoisotopic (exact) mass is 192 g/mol. The van der Waals surface area contributed by atoms with E-state index in [2.05, 4.69) is 12.6 Å². The average Bonchev–Trinajstić information content (AvgIpc) is 2.03. The summed E-state index contributed by atoms with van der Waals surface area (Å²) in [6.45, 7) is 0. The second kappa shape index (κ2) is 3.39. The first-order valence-electron chi connectivity index (χ1n) is 3.31. The van der Waals surface area contributed by atoms with Crippen LogP contribution >= 0.6 is 12.6 Å². The van der Waals surface area contributed by atoms with Crippen molar-refractivity contribution in [3.05, 3.63) is 35.4 Å². The van der Waals surface area contributed by atoms with Crippen LogP contribution in [0.25, 0.3) is 0 Å². The first-order valence-corrected chi connectivity index (χ1v) is 3.94. The highest BCUT2D eigenvalue weighted by atomic mass is 32.1. The Morgan fingerprint density at radius 1 is 1.08 bits per heavy atom. The second-order valence-electron chi connectivity index (χ2n) is 2.35. The van der Waals surface area contributed by atoms with Crippen molar-refractivity contribution >= 4 is 12.6 Å². The summed E-state index contributed by atoms with van der Waals surface area (Å²) >= 11 is 3.94. The van der Waals surface area contributed by atoms with Gasteiger partial charge in [-0.25, -0.2) is 0 Å². The van der Waals surface area contributed by atoms with E-state index in [9.17, 15) is 13.2 Å². The van der Waals surface area contributed by atoms with Gasteiger partial charge in [-0.15, -0.1) is 0 Å². The zero-order valence-corrected chi connectivity index (χ0v) is 6.99. The lowest BCUT2D eigenvalue weighted by Crippen LogP contribution is -2.04. The van der Waals surface area contributed by atoms with Gasteiger partial charge in [-0.2, -0.15) is 25.8 Å². The normalized spacial score (nSPS) is 11.7. The van der Waals surface area contributed by atoms with Gasteiger partial charge < -0.3 is 0 Å². The molecule has 0 bridgehead atoms.